The van der Waals surface area contributed by atoms with Crippen molar-refractivity contribution in [2.45, 2.75) is 13.8 Å². The molecule has 0 N–H and O–H groups in total. The zero-order valence-electron chi connectivity index (χ0n) is 13.9. The molecule has 2 rings (SSSR count). The van der Waals surface area contributed by atoms with E-state index >= 15 is 0 Å². The SMILES string of the molecule is CCOC(=O)C(=C/C=C/N1C(=O)c2ccccc2C1=O)C(=O)OCC. The minimum absolute atomic E-state index is 0.0949. The molecule has 1 aromatic carbocycles. The maximum absolute atomic E-state index is 12.2. The fourth-order valence-corrected chi connectivity index (χ4v) is 2.21. The Labute approximate surface area is 144 Å². The molecule has 2 amide bonds. The molecule has 1 heterocycles. The van der Waals surface area contributed by atoms with E-state index in [2.05, 4.69) is 0 Å². The monoisotopic (exact) mass is 343 g/mol. The van der Waals surface area contributed by atoms with Gasteiger partial charge >= 0.3 is 11.9 Å². The van der Waals surface area contributed by atoms with Gasteiger partial charge in [-0.3, -0.25) is 9.59 Å². The van der Waals surface area contributed by atoms with Crippen LogP contribution < -0.4 is 0 Å². The lowest BCUT2D eigenvalue weighted by atomic mass is 10.1. The molecule has 1 aliphatic rings. The van der Waals surface area contributed by atoms with E-state index in [0.29, 0.717) is 11.1 Å². The van der Waals surface area contributed by atoms with Crippen molar-refractivity contribution in [3.05, 3.63) is 59.3 Å². The van der Waals surface area contributed by atoms with Crippen molar-refractivity contribution >= 4 is 23.8 Å². The number of nitrogens with zero attached hydrogens (tertiary/aromatic N) is 1. The maximum atomic E-state index is 12.2. The first-order valence-corrected chi connectivity index (χ1v) is 7.70. The predicted molar refractivity (Wildman–Crippen MR) is 87.4 cm³/mol. The van der Waals surface area contributed by atoms with Gasteiger partial charge in [0.25, 0.3) is 11.8 Å². The minimum atomic E-state index is -0.840. The van der Waals surface area contributed by atoms with Crippen molar-refractivity contribution in [2.24, 2.45) is 0 Å². The molecule has 0 aromatic heterocycles. The van der Waals surface area contributed by atoms with Gasteiger partial charge in [-0.1, -0.05) is 12.1 Å². The van der Waals surface area contributed by atoms with E-state index in [1.807, 2.05) is 0 Å². The van der Waals surface area contributed by atoms with Crippen LogP contribution in [0.25, 0.3) is 0 Å². The Bertz CT molecular complexity index is 723. The van der Waals surface area contributed by atoms with Gasteiger partial charge in [0.1, 0.15) is 5.57 Å². The molecule has 0 aliphatic carbocycles. The summed E-state index contributed by atoms with van der Waals surface area (Å²) in [6.45, 7) is 3.40. The van der Waals surface area contributed by atoms with E-state index in [1.54, 1.807) is 38.1 Å². The Morgan fingerprint density at radius 1 is 0.960 bits per heavy atom. The van der Waals surface area contributed by atoms with Crippen molar-refractivity contribution in [1.29, 1.82) is 0 Å². The summed E-state index contributed by atoms with van der Waals surface area (Å²) in [5.41, 5.74) is 0.283. The topological polar surface area (TPSA) is 90.0 Å². The molecule has 1 aromatic rings. The fourth-order valence-electron chi connectivity index (χ4n) is 2.21. The zero-order valence-corrected chi connectivity index (χ0v) is 13.9. The molecule has 0 bridgehead atoms. The molecule has 25 heavy (non-hydrogen) atoms. The molecule has 0 saturated heterocycles. The van der Waals surface area contributed by atoms with Crippen LogP contribution in [0.5, 0.6) is 0 Å². The van der Waals surface area contributed by atoms with Gasteiger partial charge in [0.05, 0.1) is 24.3 Å². The lowest BCUT2D eigenvalue weighted by molar-refractivity contribution is -0.146. The molecule has 0 saturated carbocycles. The highest BCUT2D eigenvalue weighted by Gasteiger charge is 2.33. The fraction of sp³-hybridized carbons (Fsp3) is 0.222. The van der Waals surface area contributed by atoms with Gasteiger partial charge in [0.15, 0.2) is 0 Å². The summed E-state index contributed by atoms with van der Waals surface area (Å²) in [5, 5.41) is 0. The Kier molecular flexibility index (Phi) is 5.84. The third-order valence-corrected chi connectivity index (χ3v) is 3.31. The average molecular weight is 343 g/mol. The van der Waals surface area contributed by atoms with Crippen molar-refractivity contribution in [3.63, 3.8) is 0 Å². The molecular formula is C18H17NO6. The zero-order chi connectivity index (χ0) is 18.4. The van der Waals surface area contributed by atoms with Crippen LogP contribution in [-0.4, -0.2) is 41.9 Å². The number of rotatable bonds is 6. The van der Waals surface area contributed by atoms with Gasteiger partial charge in [0.2, 0.25) is 0 Å². The summed E-state index contributed by atoms with van der Waals surface area (Å²) in [7, 11) is 0. The number of fused-ring (bicyclic) bond motifs is 1. The molecule has 130 valence electrons. The van der Waals surface area contributed by atoms with Crippen molar-refractivity contribution in [2.75, 3.05) is 13.2 Å². The van der Waals surface area contributed by atoms with Crippen LogP contribution in [0.2, 0.25) is 0 Å². The number of allylic oxidation sites excluding steroid dienone is 2. The van der Waals surface area contributed by atoms with E-state index in [0.717, 1.165) is 11.0 Å². The first-order chi connectivity index (χ1) is 12.0. The lowest BCUT2D eigenvalue weighted by Gasteiger charge is -2.07. The largest absolute Gasteiger partial charge is 0.462 e. The van der Waals surface area contributed by atoms with Gasteiger partial charge < -0.3 is 9.47 Å². The summed E-state index contributed by atoms with van der Waals surface area (Å²) >= 11 is 0. The van der Waals surface area contributed by atoms with Crippen molar-refractivity contribution in [3.8, 4) is 0 Å². The first-order valence-electron chi connectivity index (χ1n) is 7.70. The van der Waals surface area contributed by atoms with Crippen LogP contribution in [-0.2, 0) is 19.1 Å². The molecule has 7 heteroatoms. The van der Waals surface area contributed by atoms with Gasteiger partial charge in [-0.05, 0) is 38.1 Å². The van der Waals surface area contributed by atoms with Crippen LogP contribution in [0.1, 0.15) is 34.6 Å². The summed E-state index contributed by atoms with van der Waals surface area (Å²) in [5.74, 6) is -2.63. The second-order valence-corrected chi connectivity index (χ2v) is 4.89. The number of hydrogen-bond acceptors (Lipinski definition) is 6. The molecule has 0 radical (unpaired) electrons. The summed E-state index contributed by atoms with van der Waals surface area (Å²) in [6.07, 6.45) is 3.60. The number of benzene rings is 1. The number of hydrogen-bond donors (Lipinski definition) is 0. The van der Waals surface area contributed by atoms with Crippen LogP contribution >= 0.6 is 0 Å². The highest BCUT2D eigenvalue weighted by Crippen LogP contribution is 2.22. The number of carbonyl (C=O) groups excluding carboxylic acids is 4. The molecule has 7 nitrogen and oxygen atoms in total. The summed E-state index contributed by atoms with van der Waals surface area (Å²) in [4.78, 5) is 49.0. The van der Waals surface area contributed by atoms with Crippen LogP contribution in [0.3, 0.4) is 0 Å². The van der Waals surface area contributed by atoms with Gasteiger partial charge in [-0.25, -0.2) is 14.5 Å². The number of amides is 2. The normalized spacial score (nSPS) is 13.0. The quantitative estimate of drug-likeness (QED) is 0.196. The Morgan fingerprint density at radius 2 is 1.44 bits per heavy atom. The highest BCUT2D eigenvalue weighted by molar-refractivity contribution is 6.22. The van der Waals surface area contributed by atoms with Crippen LogP contribution in [0.4, 0.5) is 0 Å². The molecule has 0 unspecified atom stereocenters. The van der Waals surface area contributed by atoms with E-state index in [4.69, 9.17) is 9.47 Å². The maximum Gasteiger partial charge on any atom is 0.345 e. The molecular weight excluding hydrogens is 326 g/mol. The predicted octanol–water partition coefficient (Wildman–Crippen LogP) is 1.85. The average Bonchev–Trinajstić information content (AvgIpc) is 2.84. The number of carbonyl (C=O) groups is 4. The standard InChI is InChI=1S/C18H17NO6/c1-3-24-17(22)14(18(23)25-4-2)10-7-11-19-15(20)12-8-5-6-9-13(12)16(19)21/h5-11H,3-4H2,1-2H3/b11-7+. The van der Waals surface area contributed by atoms with Gasteiger partial charge in [-0.15, -0.1) is 0 Å². The number of ether oxygens (including phenoxy) is 2. The lowest BCUT2D eigenvalue weighted by Crippen LogP contribution is -2.23. The second-order valence-electron chi connectivity index (χ2n) is 4.89. The third-order valence-electron chi connectivity index (χ3n) is 3.31. The molecule has 0 atom stereocenters. The van der Waals surface area contributed by atoms with E-state index in [1.165, 1.54) is 12.3 Å². The van der Waals surface area contributed by atoms with E-state index < -0.39 is 23.8 Å². The van der Waals surface area contributed by atoms with Crippen molar-refractivity contribution in [1.82, 2.24) is 4.90 Å². The highest BCUT2D eigenvalue weighted by atomic mass is 16.6. The smallest absolute Gasteiger partial charge is 0.345 e. The number of esters is 2. The summed E-state index contributed by atoms with van der Waals surface area (Å²) < 4.78 is 9.60. The van der Waals surface area contributed by atoms with Gasteiger partial charge in [-0.2, -0.15) is 0 Å². The second kappa shape index (κ2) is 8.05. The summed E-state index contributed by atoms with van der Waals surface area (Å²) in [6, 6.07) is 6.44. The van der Waals surface area contributed by atoms with E-state index in [9.17, 15) is 19.2 Å². The Hall–Kier alpha value is -3.22. The Morgan fingerprint density at radius 3 is 1.88 bits per heavy atom. The van der Waals surface area contributed by atoms with Crippen molar-refractivity contribution < 1.29 is 28.7 Å². The molecule has 0 spiro atoms. The first kappa shape index (κ1) is 18.1. The van der Waals surface area contributed by atoms with Crippen LogP contribution in [0.15, 0.2) is 48.2 Å². The van der Waals surface area contributed by atoms with E-state index in [-0.39, 0.29) is 18.8 Å². The molecule has 0 fully saturated rings. The van der Waals surface area contributed by atoms with Crippen LogP contribution in [0, 0.1) is 0 Å². The third kappa shape index (κ3) is 3.82. The minimum Gasteiger partial charge on any atom is -0.462 e. The van der Waals surface area contributed by atoms with Gasteiger partial charge in [0, 0.05) is 6.20 Å². The molecule has 1 aliphatic heterocycles. The number of imide groups is 1. The Balaban J connectivity index is 2.23.